The van der Waals surface area contributed by atoms with Crippen molar-refractivity contribution in [3.63, 3.8) is 0 Å². The molecule has 1 N–H and O–H groups in total. The normalized spacial score (nSPS) is 12.3. The predicted octanol–water partition coefficient (Wildman–Crippen LogP) is 2.69. The summed E-state index contributed by atoms with van der Waals surface area (Å²) < 4.78 is 0. The van der Waals surface area contributed by atoms with Gasteiger partial charge in [0.25, 0.3) is 0 Å². The van der Waals surface area contributed by atoms with E-state index in [2.05, 4.69) is 9.97 Å². The highest BCUT2D eigenvalue weighted by Gasteiger charge is 2.06. The third kappa shape index (κ3) is 3.84. The minimum absolute atomic E-state index is 0.398. The number of aliphatic hydroxyl groups excluding tert-OH is 1. The lowest BCUT2D eigenvalue weighted by Gasteiger charge is -2.09. The fraction of sp³-hybridized carbons (Fsp3) is 0.231. The fourth-order valence-electron chi connectivity index (χ4n) is 1.48. The van der Waals surface area contributed by atoms with E-state index < -0.39 is 6.10 Å². The molecule has 1 aromatic carbocycles. The van der Waals surface area contributed by atoms with E-state index in [1.165, 1.54) is 6.33 Å². The van der Waals surface area contributed by atoms with Gasteiger partial charge in [-0.15, -0.1) is 11.8 Å². The zero-order chi connectivity index (χ0) is 11.9. The number of hydrogen-bond acceptors (Lipinski definition) is 4. The first-order valence-electron chi connectivity index (χ1n) is 5.48. The standard InChI is InChI=1S/C13H14N2OS/c16-12(11-4-2-1-3-5-11)7-9-17-13-6-8-14-10-15-13/h1-6,8,10,12,16H,7,9H2/t12-/m1/s1. The summed E-state index contributed by atoms with van der Waals surface area (Å²) in [4.78, 5) is 7.98. The van der Waals surface area contributed by atoms with Crippen molar-refractivity contribution in [2.24, 2.45) is 0 Å². The Morgan fingerprint density at radius 3 is 2.71 bits per heavy atom. The summed E-state index contributed by atoms with van der Waals surface area (Å²) in [5.41, 5.74) is 0.968. The summed E-state index contributed by atoms with van der Waals surface area (Å²) in [6.07, 6.45) is 3.59. The molecule has 2 aromatic rings. The van der Waals surface area contributed by atoms with Crippen LogP contribution in [0, 0.1) is 0 Å². The minimum atomic E-state index is -0.398. The van der Waals surface area contributed by atoms with Crippen molar-refractivity contribution in [2.75, 3.05) is 5.75 Å². The van der Waals surface area contributed by atoms with Crippen LogP contribution in [0.2, 0.25) is 0 Å². The SMILES string of the molecule is O[C@H](CCSc1ccncn1)c1ccccc1. The van der Waals surface area contributed by atoms with Crippen LogP contribution in [0.5, 0.6) is 0 Å². The number of hydrogen-bond donors (Lipinski definition) is 1. The Balaban J connectivity index is 1.79. The Labute approximate surface area is 105 Å². The van der Waals surface area contributed by atoms with Gasteiger partial charge in [0.1, 0.15) is 6.33 Å². The Hall–Kier alpha value is -1.39. The summed E-state index contributed by atoms with van der Waals surface area (Å²) in [6.45, 7) is 0. The van der Waals surface area contributed by atoms with Gasteiger partial charge < -0.3 is 5.11 Å². The molecule has 4 heteroatoms. The summed E-state index contributed by atoms with van der Waals surface area (Å²) >= 11 is 1.63. The van der Waals surface area contributed by atoms with Crippen molar-refractivity contribution in [1.29, 1.82) is 0 Å². The van der Waals surface area contributed by atoms with Gasteiger partial charge in [-0.05, 0) is 18.1 Å². The zero-order valence-electron chi connectivity index (χ0n) is 9.36. The maximum atomic E-state index is 9.95. The summed E-state index contributed by atoms with van der Waals surface area (Å²) in [5, 5.41) is 10.9. The van der Waals surface area contributed by atoms with E-state index in [0.29, 0.717) is 0 Å². The van der Waals surface area contributed by atoms with Gasteiger partial charge in [-0.3, -0.25) is 0 Å². The van der Waals surface area contributed by atoms with Crippen LogP contribution in [-0.4, -0.2) is 20.8 Å². The molecule has 0 bridgehead atoms. The van der Waals surface area contributed by atoms with Crippen molar-refractivity contribution in [3.05, 3.63) is 54.5 Å². The summed E-state index contributed by atoms with van der Waals surface area (Å²) in [6, 6.07) is 11.6. The fourth-order valence-corrected chi connectivity index (χ4v) is 2.31. The topological polar surface area (TPSA) is 46.0 Å². The maximum absolute atomic E-state index is 9.95. The van der Waals surface area contributed by atoms with E-state index in [9.17, 15) is 5.11 Å². The van der Waals surface area contributed by atoms with Crippen LogP contribution in [-0.2, 0) is 0 Å². The number of aromatic nitrogens is 2. The summed E-state index contributed by atoms with van der Waals surface area (Å²) in [5.74, 6) is 0.840. The third-order valence-corrected chi connectivity index (χ3v) is 3.36. The Morgan fingerprint density at radius 2 is 2.00 bits per heavy atom. The first-order valence-corrected chi connectivity index (χ1v) is 6.46. The molecule has 0 radical (unpaired) electrons. The number of aliphatic hydroxyl groups is 1. The lowest BCUT2D eigenvalue weighted by Crippen LogP contribution is -1.98. The van der Waals surface area contributed by atoms with Crippen LogP contribution in [0.4, 0.5) is 0 Å². The average Bonchev–Trinajstić information content (AvgIpc) is 2.41. The monoisotopic (exact) mass is 246 g/mol. The molecule has 17 heavy (non-hydrogen) atoms. The minimum Gasteiger partial charge on any atom is -0.388 e. The molecule has 0 fully saturated rings. The highest BCUT2D eigenvalue weighted by molar-refractivity contribution is 7.99. The zero-order valence-corrected chi connectivity index (χ0v) is 10.2. The number of rotatable bonds is 5. The van der Waals surface area contributed by atoms with Gasteiger partial charge in [0.15, 0.2) is 0 Å². The van der Waals surface area contributed by atoms with Crippen molar-refractivity contribution < 1.29 is 5.11 Å². The number of thioether (sulfide) groups is 1. The quantitative estimate of drug-likeness (QED) is 0.651. The van der Waals surface area contributed by atoms with Crippen LogP contribution in [0.15, 0.2) is 53.9 Å². The molecule has 0 saturated carbocycles. The molecule has 2 rings (SSSR count). The highest BCUT2D eigenvalue weighted by atomic mass is 32.2. The lowest BCUT2D eigenvalue weighted by molar-refractivity contribution is 0.175. The Morgan fingerprint density at radius 1 is 1.18 bits per heavy atom. The largest absolute Gasteiger partial charge is 0.388 e. The van der Waals surface area contributed by atoms with E-state index in [0.717, 1.165) is 22.8 Å². The van der Waals surface area contributed by atoms with Gasteiger partial charge in [-0.2, -0.15) is 0 Å². The van der Waals surface area contributed by atoms with Crippen molar-refractivity contribution in [2.45, 2.75) is 17.6 Å². The van der Waals surface area contributed by atoms with Crippen molar-refractivity contribution in [1.82, 2.24) is 9.97 Å². The second-order valence-corrected chi connectivity index (χ2v) is 4.73. The van der Waals surface area contributed by atoms with Crippen LogP contribution in [0.3, 0.4) is 0 Å². The molecular formula is C13H14N2OS. The molecule has 0 amide bonds. The molecule has 0 spiro atoms. The van der Waals surface area contributed by atoms with Gasteiger partial charge in [0, 0.05) is 11.9 Å². The lowest BCUT2D eigenvalue weighted by atomic mass is 10.1. The molecule has 1 heterocycles. The maximum Gasteiger partial charge on any atom is 0.116 e. The average molecular weight is 246 g/mol. The molecule has 0 aliphatic heterocycles. The van der Waals surface area contributed by atoms with Gasteiger partial charge in [-0.25, -0.2) is 9.97 Å². The van der Waals surface area contributed by atoms with E-state index in [-0.39, 0.29) is 0 Å². The molecule has 0 saturated heterocycles. The van der Waals surface area contributed by atoms with Crippen LogP contribution >= 0.6 is 11.8 Å². The second-order valence-electron chi connectivity index (χ2n) is 3.61. The molecule has 3 nitrogen and oxygen atoms in total. The number of benzene rings is 1. The van der Waals surface area contributed by atoms with E-state index in [1.54, 1.807) is 18.0 Å². The van der Waals surface area contributed by atoms with Gasteiger partial charge >= 0.3 is 0 Å². The molecule has 0 aliphatic rings. The van der Waals surface area contributed by atoms with Gasteiger partial charge in [0.05, 0.1) is 11.1 Å². The van der Waals surface area contributed by atoms with Crippen LogP contribution < -0.4 is 0 Å². The van der Waals surface area contributed by atoms with Gasteiger partial charge in [0.2, 0.25) is 0 Å². The Kier molecular flexibility index (Phi) is 4.53. The van der Waals surface area contributed by atoms with Crippen LogP contribution in [0.1, 0.15) is 18.1 Å². The molecule has 88 valence electrons. The van der Waals surface area contributed by atoms with E-state index >= 15 is 0 Å². The summed E-state index contributed by atoms with van der Waals surface area (Å²) in [7, 11) is 0. The molecule has 1 aromatic heterocycles. The second kappa shape index (κ2) is 6.37. The third-order valence-electron chi connectivity index (χ3n) is 2.38. The molecule has 0 unspecified atom stereocenters. The Bertz CT molecular complexity index is 436. The molecule has 1 atom stereocenters. The van der Waals surface area contributed by atoms with E-state index in [1.807, 2.05) is 36.4 Å². The molecule has 0 aliphatic carbocycles. The van der Waals surface area contributed by atoms with Gasteiger partial charge in [-0.1, -0.05) is 30.3 Å². The molecular weight excluding hydrogens is 232 g/mol. The first-order chi connectivity index (χ1) is 8.36. The van der Waals surface area contributed by atoms with E-state index in [4.69, 9.17) is 0 Å². The smallest absolute Gasteiger partial charge is 0.116 e. The van der Waals surface area contributed by atoms with Crippen molar-refractivity contribution >= 4 is 11.8 Å². The predicted molar refractivity (Wildman–Crippen MR) is 68.8 cm³/mol. The number of nitrogens with zero attached hydrogens (tertiary/aromatic N) is 2. The van der Waals surface area contributed by atoms with Crippen molar-refractivity contribution in [3.8, 4) is 0 Å². The van der Waals surface area contributed by atoms with Crippen LogP contribution in [0.25, 0.3) is 0 Å². The highest BCUT2D eigenvalue weighted by Crippen LogP contribution is 2.21. The first kappa shape index (κ1) is 12.1.